The lowest BCUT2D eigenvalue weighted by molar-refractivity contribution is -0.138. The van der Waals surface area contributed by atoms with Crippen LogP contribution < -0.4 is 29.1 Å². The van der Waals surface area contributed by atoms with Gasteiger partial charge in [0, 0.05) is 5.70 Å². The summed E-state index contributed by atoms with van der Waals surface area (Å²) in [7, 11) is 3.17. The Hall–Kier alpha value is -4.63. The van der Waals surface area contributed by atoms with Gasteiger partial charge in [-0.2, -0.15) is 0 Å². The monoisotopic (exact) mass is 570 g/mol. The quantitative estimate of drug-likeness (QED) is 0.275. The molecule has 0 saturated heterocycles. The summed E-state index contributed by atoms with van der Waals surface area (Å²) in [5.41, 5.74) is 3.18. The molecule has 1 unspecified atom stereocenters. The molecule has 2 heterocycles. The highest BCUT2D eigenvalue weighted by Gasteiger charge is 2.31. The van der Waals surface area contributed by atoms with Crippen molar-refractivity contribution < 1.29 is 23.7 Å². The summed E-state index contributed by atoms with van der Waals surface area (Å²) < 4.78 is 24.1. The number of carbonyl (C=O) groups excluding carboxylic acids is 1. The largest absolute Gasteiger partial charge is 0.497 e. The number of esters is 1. The van der Waals surface area contributed by atoms with Crippen molar-refractivity contribution in [2.75, 3.05) is 20.8 Å². The highest BCUT2D eigenvalue weighted by Crippen LogP contribution is 2.33. The van der Waals surface area contributed by atoms with Crippen LogP contribution in [-0.2, 0) is 16.1 Å². The molecule has 1 aliphatic rings. The molecule has 3 aromatic carbocycles. The van der Waals surface area contributed by atoms with Gasteiger partial charge in [0.15, 0.2) is 16.3 Å². The molecule has 0 amide bonds. The van der Waals surface area contributed by atoms with E-state index in [1.165, 1.54) is 15.9 Å². The molecule has 0 radical (unpaired) electrons. The molecule has 0 bridgehead atoms. The van der Waals surface area contributed by atoms with Gasteiger partial charge in [-0.15, -0.1) is 0 Å². The maximum atomic E-state index is 13.6. The standard InChI is InChI=1S/C32H30N2O6S/c1-5-39-31(36)28-20(2)34-30(35)27(41-32(34)33-29(28)23-12-14-24(37-3)15-13-23)18-22-11-16-25(26(17-22)38-4)40-19-21-9-7-6-8-10-21/h6-18,29H,5,19H2,1-4H3/b27-18-. The first-order valence-electron chi connectivity index (χ1n) is 13.1. The minimum absolute atomic E-state index is 0.211. The van der Waals surface area contributed by atoms with Crippen LogP contribution in [0, 0.1) is 0 Å². The van der Waals surface area contributed by atoms with Crippen LogP contribution >= 0.6 is 11.3 Å². The van der Waals surface area contributed by atoms with E-state index in [2.05, 4.69) is 0 Å². The van der Waals surface area contributed by atoms with Crippen LogP contribution in [0.4, 0.5) is 0 Å². The fraction of sp³-hybridized carbons (Fsp3) is 0.219. The molecule has 0 aliphatic carbocycles. The van der Waals surface area contributed by atoms with Gasteiger partial charge in [0.05, 0.1) is 30.9 Å². The highest BCUT2D eigenvalue weighted by molar-refractivity contribution is 7.07. The number of thiazole rings is 1. The number of carbonyl (C=O) groups is 1. The van der Waals surface area contributed by atoms with Crippen molar-refractivity contribution in [3.8, 4) is 17.2 Å². The lowest BCUT2D eigenvalue weighted by Gasteiger charge is -2.22. The van der Waals surface area contributed by atoms with Crippen molar-refractivity contribution in [1.82, 2.24) is 4.57 Å². The van der Waals surface area contributed by atoms with Crippen molar-refractivity contribution in [2.24, 2.45) is 4.99 Å². The molecule has 210 valence electrons. The number of hydrogen-bond acceptors (Lipinski definition) is 8. The number of aromatic nitrogens is 1. The van der Waals surface area contributed by atoms with Gasteiger partial charge in [0.1, 0.15) is 18.4 Å². The summed E-state index contributed by atoms with van der Waals surface area (Å²) in [4.78, 5) is 32.0. The van der Waals surface area contributed by atoms with Gasteiger partial charge in [-0.05, 0) is 60.9 Å². The Bertz CT molecular complexity index is 1770. The highest BCUT2D eigenvalue weighted by atomic mass is 32.1. The Labute approximate surface area is 241 Å². The maximum absolute atomic E-state index is 13.6. The number of ether oxygens (including phenoxy) is 4. The molecule has 8 nitrogen and oxygen atoms in total. The van der Waals surface area contributed by atoms with Gasteiger partial charge in [0.2, 0.25) is 0 Å². The van der Waals surface area contributed by atoms with Gasteiger partial charge >= 0.3 is 5.97 Å². The third-order valence-corrected chi connectivity index (χ3v) is 7.68. The van der Waals surface area contributed by atoms with E-state index >= 15 is 0 Å². The van der Waals surface area contributed by atoms with Crippen molar-refractivity contribution in [2.45, 2.75) is 26.5 Å². The number of fused-ring (bicyclic) bond motifs is 1. The molecule has 9 heteroatoms. The molecular formula is C32H30N2O6S. The van der Waals surface area contributed by atoms with Crippen LogP contribution in [0.1, 0.15) is 36.6 Å². The van der Waals surface area contributed by atoms with Crippen molar-refractivity contribution >= 4 is 29.1 Å². The van der Waals surface area contributed by atoms with E-state index in [1.54, 1.807) is 34.1 Å². The topological polar surface area (TPSA) is 88.3 Å². The molecule has 1 aromatic heterocycles. The number of nitrogens with zero attached hydrogens (tertiary/aromatic N) is 2. The zero-order valence-electron chi connectivity index (χ0n) is 23.2. The zero-order chi connectivity index (χ0) is 28.9. The molecule has 4 aromatic rings. The first kappa shape index (κ1) is 27.9. The SMILES string of the molecule is CCOC(=O)C1=C(C)n2c(s/c(=C\c3ccc(OCc4ccccc4)c(OC)c3)c2=O)=NC1c1ccc(OC)cc1. The van der Waals surface area contributed by atoms with Crippen molar-refractivity contribution in [3.05, 3.63) is 115 Å². The Morgan fingerprint density at radius 3 is 2.44 bits per heavy atom. The fourth-order valence-corrected chi connectivity index (χ4v) is 5.66. The van der Waals surface area contributed by atoms with E-state index in [4.69, 9.17) is 23.9 Å². The summed E-state index contributed by atoms with van der Waals surface area (Å²) in [5, 5.41) is 0. The predicted molar refractivity (Wildman–Crippen MR) is 158 cm³/mol. The molecule has 0 N–H and O–H groups in total. The normalized spacial score (nSPS) is 14.7. The Kier molecular flexibility index (Phi) is 8.35. The summed E-state index contributed by atoms with van der Waals surface area (Å²) in [6.07, 6.45) is 1.79. The minimum atomic E-state index is -0.619. The number of methoxy groups -OCH3 is 2. The Morgan fingerprint density at radius 1 is 1.00 bits per heavy atom. The number of hydrogen-bond donors (Lipinski definition) is 0. The van der Waals surface area contributed by atoms with E-state index in [1.807, 2.05) is 72.8 Å². The van der Waals surface area contributed by atoms with Crippen LogP contribution in [0.15, 0.2) is 88.2 Å². The average Bonchev–Trinajstić information content (AvgIpc) is 3.31. The van der Waals surface area contributed by atoms with E-state index in [-0.39, 0.29) is 12.2 Å². The second-order valence-corrected chi connectivity index (χ2v) is 10.3. The van der Waals surface area contributed by atoms with Crippen molar-refractivity contribution in [1.29, 1.82) is 0 Å². The lowest BCUT2D eigenvalue weighted by atomic mass is 9.96. The van der Waals surface area contributed by atoms with Crippen LogP contribution in [0.3, 0.4) is 0 Å². The number of rotatable bonds is 9. The van der Waals surface area contributed by atoms with Gasteiger partial charge in [-0.3, -0.25) is 9.36 Å². The van der Waals surface area contributed by atoms with Crippen LogP contribution in [0.2, 0.25) is 0 Å². The molecule has 5 rings (SSSR count). The van der Waals surface area contributed by atoms with Crippen LogP contribution in [-0.4, -0.2) is 31.4 Å². The molecule has 41 heavy (non-hydrogen) atoms. The molecular weight excluding hydrogens is 540 g/mol. The van der Waals surface area contributed by atoms with Crippen molar-refractivity contribution in [3.63, 3.8) is 0 Å². The number of benzene rings is 3. The van der Waals surface area contributed by atoms with Gasteiger partial charge in [-0.25, -0.2) is 9.79 Å². The number of allylic oxidation sites excluding steroid dienone is 1. The van der Waals surface area contributed by atoms with E-state index in [0.717, 1.165) is 16.7 Å². The smallest absolute Gasteiger partial charge is 0.338 e. The summed E-state index contributed by atoms with van der Waals surface area (Å²) in [5.74, 6) is 1.35. The Balaban J connectivity index is 1.54. The minimum Gasteiger partial charge on any atom is -0.497 e. The van der Waals surface area contributed by atoms with Gasteiger partial charge in [0.25, 0.3) is 5.56 Å². The van der Waals surface area contributed by atoms with Gasteiger partial charge < -0.3 is 18.9 Å². The molecule has 0 fully saturated rings. The molecule has 0 saturated carbocycles. The summed E-state index contributed by atoms with van der Waals surface area (Å²) in [6, 6.07) is 22.1. The second kappa shape index (κ2) is 12.3. The summed E-state index contributed by atoms with van der Waals surface area (Å²) in [6.45, 7) is 4.12. The fourth-order valence-electron chi connectivity index (χ4n) is 4.62. The molecule has 1 aliphatic heterocycles. The predicted octanol–water partition coefficient (Wildman–Crippen LogP) is 4.50. The van der Waals surface area contributed by atoms with Crippen LogP contribution in [0.25, 0.3) is 11.8 Å². The van der Waals surface area contributed by atoms with E-state index in [9.17, 15) is 9.59 Å². The van der Waals surface area contributed by atoms with E-state index < -0.39 is 12.0 Å². The lowest BCUT2D eigenvalue weighted by Crippen LogP contribution is -2.35. The second-order valence-electron chi connectivity index (χ2n) is 9.24. The Morgan fingerprint density at radius 2 is 1.76 bits per heavy atom. The first-order valence-corrected chi connectivity index (χ1v) is 13.9. The molecule has 1 atom stereocenters. The third kappa shape index (κ3) is 5.81. The zero-order valence-corrected chi connectivity index (χ0v) is 24.1. The summed E-state index contributed by atoms with van der Waals surface area (Å²) >= 11 is 1.26. The molecule has 0 spiro atoms. The third-order valence-electron chi connectivity index (χ3n) is 6.69. The van der Waals surface area contributed by atoms with Gasteiger partial charge in [-0.1, -0.05) is 59.9 Å². The maximum Gasteiger partial charge on any atom is 0.338 e. The van der Waals surface area contributed by atoms with Crippen LogP contribution in [0.5, 0.6) is 17.2 Å². The average molecular weight is 571 g/mol. The first-order chi connectivity index (χ1) is 19.9. The van der Waals surface area contributed by atoms with E-state index in [0.29, 0.717) is 44.5 Å².